The molecule has 1 aliphatic carbocycles. The first-order chi connectivity index (χ1) is 9.11. The molecule has 0 heterocycles. The number of anilines is 1. The number of nitrogens with zero attached hydrogens (tertiary/aromatic N) is 1. The van der Waals surface area contributed by atoms with Gasteiger partial charge in [-0.05, 0) is 36.5 Å². The maximum atomic E-state index is 6.31. The van der Waals surface area contributed by atoms with Gasteiger partial charge in [-0.25, -0.2) is 0 Å². The molecule has 19 heavy (non-hydrogen) atoms. The summed E-state index contributed by atoms with van der Waals surface area (Å²) in [5.74, 6) is 1.14. The summed E-state index contributed by atoms with van der Waals surface area (Å²) in [6, 6.07) is 7.00. The van der Waals surface area contributed by atoms with E-state index in [2.05, 4.69) is 36.9 Å². The van der Waals surface area contributed by atoms with Crippen LogP contribution < -0.4 is 4.90 Å². The van der Waals surface area contributed by atoms with Crippen molar-refractivity contribution in [2.75, 3.05) is 11.4 Å². The molecule has 0 N–H and O–H groups in total. The third kappa shape index (κ3) is 3.79. The number of hydrogen-bond donors (Lipinski definition) is 0. The van der Waals surface area contributed by atoms with Crippen LogP contribution in [-0.4, -0.2) is 12.6 Å². The van der Waals surface area contributed by atoms with Gasteiger partial charge in [0.2, 0.25) is 0 Å². The van der Waals surface area contributed by atoms with Crippen molar-refractivity contribution in [3.63, 3.8) is 0 Å². The van der Waals surface area contributed by atoms with E-state index in [-0.39, 0.29) is 0 Å². The molecule has 0 saturated heterocycles. The summed E-state index contributed by atoms with van der Waals surface area (Å²) < 4.78 is 0. The molecule has 0 amide bonds. The number of benzene rings is 1. The third-order valence-electron chi connectivity index (χ3n) is 3.84. The number of hydrogen-bond acceptors (Lipinski definition) is 1. The topological polar surface area (TPSA) is 3.24 Å². The molecule has 2 rings (SSSR count). The van der Waals surface area contributed by atoms with Gasteiger partial charge in [-0.3, -0.25) is 0 Å². The van der Waals surface area contributed by atoms with E-state index in [1.165, 1.54) is 31.4 Å². The van der Waals surface area contributed by atoms with E-state index in [0.29, 0.717) is 17.8 Å². The Morgan fingerprint density at radius 2 is 1.95 bits per heavy atom. The fraction of sp³-hybridized carbons (Fsp3) is 0.625. The molecular weight excluding hydrogens is 277 g/mol. The van der Waals surface area contributed by atoms with Crippen molar-refractivity contribution >= 4 is 28.9 Å². The molecular formula is C16H23Cl2N. The quantitative estimate of drug-likeness (QED) is 0.650. The van der Waals surface area contributed by atoms with E-state index in [1.54, 1.807) is 0 Å². The summed E-state index contributed by atoms with van der Waals surface area (Å²) in [5.41, 5.74) is 2.27. The smallest absolute Gasteiger partial charge is 0.0488 e. The molecule has 1 aliphatic rings. The second-order valence-electron chi connectivity index (χ2n) is 5.89. The van der Waals surface area contributed by atoms with Gasteiger partial charge in [0.25, 0.3) is 0 Å². The SMILES string of the molecule is CC(C)CN(c1ccc(CCl)c(Cl)c1)C1CCCC1. The lowest BCUT2D eigenvalue weighted by Crippen LogP contribution is -2.36. The molecule has 1 aromatic rings. The Hall–Kier alpha value is -0.400. The number of rotatable bonds is 5. The highest BCUT2D eigenvalue weighted by Gasteiger charge is 2.23. The molecule has 1 nitrogen and oxygen atoms in total. The highest BCUT2D eigenvalue weighted by atomic mass is 35.5. The Balaban J connectivity index is 2.23. The van der Waals surface area contributed by atoms with Crippen molar-refractivity contribution in [3.05, 3.63) is 28.8 Å². The van der Waals surface area contributed by atoms with Crippen LogP contribution >= 0.6 is 23.2 Å². The fourth-order valence-corrected chi connectivity index (χ4v) is 3.44. The zero-order valence-corrected chi connectivity index (χ0v) is 13.3. The Labute approximate surface area is 126 Å². The second-order valence-corrected chi connectivity index (χ2v) is 6.57. The summed E-state index contributed by atoms with van der Waals surface area (Å²) in [6.07, 6.45) is 5.32. The minimum absolute atomic E-state index is 0.479. The summed E-state index contributed by atoms with van der Waals surface area (Å²) in [6.45, 7) is 5.65. The lowest BCUT2D eigenvalue weighted by atomic mass is 10.1. The predicted molar refractivity (Wildman–Crippen MR) is 85.4 cm³/mol. The van der Waals surface area contributed by atoms with E-state index in [1.807, 2.05) is 0 Å². The average molecular weight is 300 g/mol. The predicted octanol–water partition coefficient (Wildman–Crippen LogP) is 5.48. The highest BCUT2D eigenvalue weighted by molar-refractivity contribution is 6.32. The summed E-state index contributed by atoms with van der Waals surface area (Å²) in [4.78, 5) is 2.54. The normalized spacial score (nSPS) is 16.3. The number of alkyl halides is 1. The molecule has 1 aromatic carbocycles. The van der Waals surface area contributed by atoms with Crippen molar-refractivity contribution < 1.29 is 0 Å². The molecule has 106 valence electrons. The van der Waals surface area contributed by atoms with E-state index in [0.717, 1.165) is 17.1 Å². The largest absolute Gasteiger partial charge is 0.368 e. The molecule has 0 aliphatic heterocycles. The summed E-state index contributed by atoms with van der Waals surface area (Å²) in [5, 5.41) is 0.791. The zero-order valence-electron chi connectivity index (χ0n) is 11.8. The van der Waals surface area contributed by atoms with E-state index in [9.17, 15) is 0 Å². The highest BCUT2D eigenvalue weighted by Crippen LogP contribution is 2.32. The number of halogens is 2. The van der Waals surface area contributed by atoms with Crippen molar-refractivity contribution in [1.82, 2.24) is 0 Å². The van der Waals surface area contributed by atoms with Crippen LogP contribution in [0.25, 0.3) is 0 Å². The van der Waals surface area contributed by atoms with Gasteiger partial charge in [-0.2, -0.15) is 0 Å². The Morgan fingerprint density at radius 3 is 2.47 bits per heavy atom. The van der Waals surface area contributed by atoms with Crippen LogP contribution in [0.15, 0.2) is 18.2 Å². The van der Waals surface area contributed by atoms with E-state index >= 15 is 0 Å². The first-order valence-corrected chi connectivity index (χ1v) is 8.14. The van der Waals surface area contributed by atoms with Gasteiger partial charge in [0.05, 0.1) is 0 Å². The molecule has 1 saturated carbocycles. The molecule has 0 radical (unpaired) electrons. The lowest BCUT2D eigenvalue weighted by molar-refractivity contribution is 0.536. The van der Waals surface area contributed by atoms with Crippen molar-refractivity contribution in [1.29, 1.82) is 0 Å². The van der Waals surface area contributed by atoms with E-state index in [4.69, 9.17) is 23.2 Å². The Kier molecular flexibility index (Phi) is 5.41. The van der Waals surface area contributed by atoms with Crippen LogP contribution in [0.3, 0.4) is 0 Å². The van der Waals surface area contributed by atoms with Gasteiger partial charge in [-0.15, -0.1) is 11.6 Å². The molecule has 0 unspecified atom stereocenters. The second kappa shape index (κ2) is 6.85. The first-order valence-electron chi connectivity index (χ1n) is 7.23. The van der Waals surface area contributed by atoms with Crippen LogP contribution in [-0.2, 0) is 5.88 Å². The standard InChI is InChI=1S/C16H23Cl2N/c1-12(2)11-19(14-5-3-4-6-14)15-8-7-13(10-17)16(18)9-15/h7-9,12,14H,3-6,10-11H2,1-2H3. The van der Waals surface area contributed by atoms with Crippen LogP contribution in [0.1, 0.15) is 45.1 Å². The monoisotopic (exact) mass is 299 g/mol. The van der Waals surface area contributed by atoms with Gasteiger partial charge >= 0.3 is 0 Å². The molecule has 3 heteroatoms. The first kappa shape index (κ1) is 15.0. The molecule has 0 spiro atoms. The van der Waals surface area contributed by atoms with Gasteiger partial charge in [-0.1, -0.05) is 44.4 Å². The van der Waals surface area contributed by atoms with Gasteiger partial charge < -0.3 is 4.90 Å². The molecule has 0 atom stereocenters. The molecule has 0 aromatic heterocycles. The Bertz CT molecular complexity index is 411. The maximum absolute atomic E-state index is 6.31. The van der Waals surface area contributed by atoms with Gasteiger partial charge in [0, 0.05) is 29.2 Å². The average Bonchev–Trinajstić information content (AvgIpc) is 2.89. The van der Waals surface area contributed by atoms with Crippen LogP contribution in [0.4, 0.5) is 5.69 Å². The minimum Gasteiger partial charge on any atom is -0.368 e. The third-order valence-corrected chi connectivity index (χ3v) is 4.48. The van der Waals surface area contributed by atoms with Gasteiger partial charge in [0.1, 0.15) is 0 Å². The van der Waals surface area contributed by atoms with Crippen molar-refractivity contribution in [2.45, 2.75) is 51.5 Å². The Morgan fingerprint density at radius 1 is 1.26 bits per heavy atom. The van der Waals surface area contributed by atoms with Crippen molar-refractivity contribution in [2.24, 2.45) is 5.92 Å². The van der Waals surface area contributed by atoms with Crippen LogP contribution in [0, 0.1) is 5.92 Å². The van der Waals surface area contributed by atoms with Crippen LogP contribution in [0.2, 0.25) is 5.02 Å². The zero-order chi connectivity index (χ0) is 13.8. The lowest BCUT2D eigenvalue weighted by Gasteiger charge is -2.33. The van der Waals surface area contributed by atoms with Crippen LogP contribution in [0.5, 0.6) is 0 Å². The van der Waals surface area contributed by atoms with Gasteiger partial charge in [0.15, 0.2) is 0 Å². The van der Waals surface area contributed by atoms with E-state index < -0.39 is 0 Å². The molecule has 0 bridgehead atoms. The summed E-state index contributed by atoms with van der Waals surface area (Å²) >= 11 is 12.2. The molecule has 1 fully saturated rings. The van der Waals surface area contributed by atoms with Crippen molar-refractivity contribution in [3.8, 4) is 0 Å². The maximum Gasteiger partial charge on any atom is 0.0488 e. The minimum atomic E-state index is 0.479. The fourth-order valence-electron chi connectivity index (χ4n) is 2.90. The summed E-state index contributed by atoms with van der Waals surface area (Å²) in [7, 11) is 0.